The standard InChI is InChI=1S/C26H27N3O4/c1-3-32-26(31)20-16-33-25-19-9-5-4-8-18(19)24(30)22(21(20)25)23(17-7-6-10-27-15-17)29-13-11-28(2)12-14-29/h4-10,15-16,23,30H,3,11-14H2,1-2H3. The lowest BCUT2D eigenvalue weighted by atomic mass is 9.89. The van der Waals surface area contributed by atoms with E-state index in [2.05, 4.69) is 21.8 Å². The van der Waals surface area contributed by atoms with Gasteiger partial charge in [-0.25, -0.2) is 4.79 Å². The van der Waals surface area contributed by atoms with Gasteiger partial charge in [0.05, 0.1) is 12.6 Å². The lowest BCUT2D eigenvalue weighted by molar-refractivity contribution is 0.0527. The number of likely N-dealkylation sites (N-methyl/N-ethyl adjacent to an activating group) is 1. The van der Waals surface area contributed by atoms with Crippen molar-refractivity contribution in [2.24, 2.45) is 0 Å². The van der Waals surface area contributed by atoms with Gasteiger partial charge >= 0.3 is 5.97 Å². The van der Waals surface area contributed by atoms with Crippen molar-refractivity contribution in [2.75, 3.05) is 39.8 Å². The minimum atomic E-state index is -0.463. The molecule has 1 aliphatic rings. The molecule has 0 spiro atoms. The topological polar surface area (TPSA) is 79.0 Å². The van der Waals surface area contributed by atoms with Crippen LogP contribution in [0.2, 0.25) is 0 Å². The molecule has 0 amide bonds. The second-order valence-electron chi connectivity index (χ2n) is 8.41. The minimum Gasteiger partial charge on any atom is -0.507 e. The van der Waals surface area contributed by atoms with Crippen molar-refractivity contribution in [2.45, 2.75) is 13.0 Å². The maximum Gasteiger partial charge on any atom is 0.342 e. The van der Waals surface area contributed by atoms with E-state index in [-0.39, 0.29) is 18.4 Å². The third-order valence-corrected chi connectivity index (χ3v) is 6.41. The number of hydrogen-bond donors (Lipinski definition) is 1. The van der Waals surface area contributed by atoms with Crippen LogP contribution in [0, 0.1) is 0 Å². The number of furan rings is 1. The fourth-order valence-electron chi connectivity index (χ4n) is 4.78. The molecule has 0 radical (unpaired) electrons. The SMILES string of the molecule is CCOC(=O)c1coc2c1c(C(c1cccnc1)N1CCN(C)CC1)c(O)c1ccccc12. The normalized spacial score (nSPS) is 16.3. The zero-order valence-corrected chi connectivity index (χ0v) is 18.8. The summed E-state index contributed by atoms with van der Waals surface area (Å²) in [6.45, 7) is 5.48. The molecule has 170 valence electrons. The fraction of sp³-hybridized carbons (Fsp3) is 0.308. The highest BCUT2D eigenvalue weighted by Gasteiger charge is 2.33. The summed E-state index contributed by atoms with van der Waals surface area (Å²) in [6.07, 6.45) is 5.01. The van der Waals surface area contributed by atoms with Crippen molar-refractivity contribution in [3.8, 4) is 5.75 Å². The van der Waals surface area contributed by atoms with E-state index < -0.39 is 5.97 Å². The number of ether oxygens (including phenoxy) is 1. The summed E-state index contributed by atoms with van der Waals surface area (Å²) in [5.41, 5.74) is 2.50. The first-order valence-electron chi connectivity index (χ1n) is 11.2. The summed E-state index contributed by atoms with van der Waals surface area (Å²) in [4.78, 5) is 21.9. The predicted octanol–water partition coefficient (Wildman–Crippen LogP) is 4.20. The molecule has 0 aliphatic carbocycles. The summed E-state index contributed by atoms with van der Waals surface area (Å²) < 4.78 is 11.3. The van der Waals surface area contributed by atoms with Gasteiger partial charge in [0.25, 0.3) is 0 Å². The first kappa shape index (κ1) is 21.4. The van der Waals surface area contributed by atoms with Crippen LogP contribution in [0.25, 0.3) is 21.7 Å². The van der Waals surface area contributed by atoms with Crippen molar-refractivity contribution in [1.29, 1.82) is 0 Å². The Bertz CT molecular complexity index is 1290. The van der Waals surface area contributed by atoms with Gasteiger partial charge in [-0.05, 0) is 25.6 Å². The minimum absolute atomic E-state index is 0.151. The lowest BCUT2D eigenvalue weighted by Crippen LogP contribution is -2.46. The maximum atomic E-state index is 12.9. The molecule has 1 atom stereocenters. The number of benzene rings is 2. The summed E-state index contributed by atoms with van der Waals surface area (Å²) in [7, 11) is 2.11. The van der Waals surface area contributed by atoms with Gasteiger partial charge in [-0.15, -0.1) is 0 Å². The first-order chi connectivity index (χ1) is 16.1. The molecule has 1 unspecified atom stereocenters. The van der Waals surface area contributed by atoms with Crippen LogP contribution in [0.5, 0.6) is 5.75 Å². The van der Waals surface area contributed by atoms with Crippen LogP contribution in [0.15, 0.2) is 59.5 Å². The van der Waals surface area contributed by atoms with E-state index >= 15 is 0 Å². The number of rotatable bonds is 5. The van der Waals surface area contributed by atoms with Gasteiger partial charge in [-0.3, -0.25) is 9.88 Å². The highest BCUT2D eigenvalue weighted by atomic mass is 16.5. The summed E-state index contributed by atoms with van der Waals surface area (Å²) in [6, 6.07) is 11.2. The number of fused-ring (bicyclic) bond motifs is 3. The summed E-state index contributed by atoms with van der Waals surface area (Å²) >= 11 is 0. The number of carbonyl (C=O) groups is 1. The highest BCUT2D eigenvalue weighted by molar-refractivity contribution is 6.16. The third kappa shape index (κ3) is 3.73. The number of pyridine rings is 1. The van der Waals surface area contributed by atoms with Crippen LogP contribution in [0.1, 0.15) is 34.5 Å². The molecule has 0 bridgehead atoms. The van der Waals surface area contributed by atoms with Gasteiger partial charge in [0.15, 0.2) is 0 Å². The van der Waals surface area contributed by atoms with Crippen molar-refractivity contribution in [1.82, 2.24) is 14.8 Å². The summed E-state index contributed by atoms with van der Waals surface area (Å²) in [5.74, 6) is -0.312. The van der Waals surface area contributed by atoms with Crippen LogP contribution >= 0.6 is 0 Å². The van der Waals surface area contributed by atoms with E-state index in [4.69, 9.17) is 9.15 Å². The number of carbonyl (C=O) groups excluding carboxylic acids is 1. The van der Waals surface area contributed by atoms with Crippen LogP contribution in [0.3, 0.4) is 0 Å². The van der Waals surface area contributed by atoms with Gasteiger partial charge in [-0.1, -0.05) is 30.3 Å². The Labute approximate surface area is 192 Å². The average Bonchev–Trinajstić information content (AvgIpc) is 3.28. The number of nitrogens with zero attached hydrogens (tertiary/aromatic N) is 3. The monoisotopic (exact) mass is 445 g/mol. The van der Waals surface area contributed by atoms with Crippen molar-refractivity contribution < 1.29 is 19.1 Å². The number of phenolic OH excluding ortho intramolecular Hbond substituents is 1. The Morgan fingerprint density at radius 2 is 1.91 bits per heavy atom. The van der Waals surface area contributed by atoms with Crippen molar-refractivity contribution in [3.05, 3.63) is 71.7 Å². The molecule has 7 heteroatoms. The highest BCUT2D eigenvalue weighted by Crippen LogP contribution is 2.46. The number of hydrogen-bond acceptors (Lipinski definition) is 7. The molecule has 2 aromatic carbocycles. The molecular weight excluding hydrogens is 418 g/mol. The van der Waals surface area contributed by atoms with Gasteiger partial charge < -0.3 is 19.2 Å². The zero-order chi connectivity index (χ0) is 22.9. The second kappa shape index (κ2) is 8.84. The molecule has 3 heterocycles. The van der Waals surface area contributed by atoms with Crippen LogP contribution in [0.4, 0.5) is 0 Å². The van der Waals surface area contributed by atoms with E-state index in [0.29, 0.717) is 27.5 Å². The van der Waals surface area contributed by atoms with Gasteiger partial charge in [0, 0.05) is 60.3 Å². The number of phenols is 1. The van der Waals surface area contributed by atoms with Crippen LogP contribution in [-0.2, 0) is 4.74 Å². The van der Waals surface area contributed by atoms with E-state index in [1.807, 2.05) is 42.6 Å². The Kier molecular flexibility index (Phi) is 5.74. The number of aromatic hydroxyl groups is 1. The largest absolute Gasteiger partial charge is 0.507 e. The molecule has 1 aliphatic heterocycles. The smallest absolute Gasteiger partial charge is 0.342 e. The molecule has 0 saturated carbocycles. The van der Waals surface area contributed by atoms with Crippen LogP contribution < -0.4 is 0 Å². The first-order valence-corrected chi connectivity index (χ1v) is 11.2. The summed E-state index contributed by atoms with van der Waals surface area (Å²) in [5, 5.41) is 13.7. The molecule has 1 N–H and O–H groups in total. The number of esters is 1. The fourth-order valence-corrected chi connectivity index (χ4v) is 4.78. The Morgan fingerprint density at radius 1 is 1.15 bits per heavy atom. The second-order valence-corrected chi connectivity index (χ2v) is 8.41. The molecule has 4 aromatic rings. The number of aromatic nitrogens is 1. The van der Waals surface area contributed by atoms with Gasteiger partial charge in [0.2, 0.25) is 0 Å². The third-order valence-electron chi connectivity index (χ3n) is 6.41. The molecule has 33 heavy (non-hydrogen) atoms. The van der Waals surface area contributed by atoms with E-state index in [0.717, 1.165) is 37.1 Å². The quantitative estimate of drug-likeness (QED) is 0.461. The lowest BCUT2D eigenvalue weighted by Gasteiger charge is -2.38. The zero-order valence-electron chi connectivity index (χ0n) is 18.8. The van der Waals surface area contributed by atoms with Gasteiger partial charge in [0.1, 0.15) is 23.2 Å². The Morgan fingerprint density at radius 3 is 2.61 bits per heavy atom. The molecule has 1 fully saturated rings. The molecular formula is C26H27N3O4. The van der Waals surface area contributed by atoms with Crippen LogP contribution in [-0.4, -0.2) is 65.7 Å². The van der Waals surface area contributed by atoms with E-state index in [1.165, 1.54) is 6.26 Å². The molecule has 7 nitrogen and oxygen atoms in total. The number of piperazine rings is 1. The van der Waals surface area contributed by atoms with Crippen molar-refractivity contribution in [3.63, 3.8) is 0 Å². The molecule has 2 aromatic heterocycles. The Balaban J connectivity index is 1.83. The Hall–Kier alpha value is -3.42. The van der Waals surface area contributed by atoms with Gasteiger partial charge in [-0.2, -0.15) is 0 Å². The maximum absolute atomic E-state index is 12.9. The average molecular weight is 446 g/mol. The van der Waals surface area contributed by atoms with E-state index in [9.17, 15) is 9.90 Å². The predicted molar refractivity (Wildman–Crippen MR) is 126 cm³/mol. The molecule has 1 saturated heterocycles. The van der Waals surface area contributed by atoms with E-state index in [1.54, 1.807) is 13.1 Å². The van der Waals surface area contributed by atoms with Crippen molar-refractivity contribution >= 4 is 27.7 Å². The molecule has 5 rings (SSSR count).